The largest absolute Gasteiger partial charge is 0.392 e. The summed E-state index contributed by atoms with van der Waals surface area (Å²) in [7, 11) is 0. The minimum atomic E-state index is 0.112. The van der Waals surface area contributed by atoms with Crippen LogP contribution in [0.1, 0.15) is 11.1 Å². The van der Waals surface area contributed by atoms with Crippen molar-refractivity contribution in [2.24, 2.45) is 5.73 Å². The fraction of sp³-hybridized carbons (Fsp3) is 0.273. The molecule has 13 heavy (non-hydrogen) atoms. The predicted octanol–water partition coefficient (Wildman–Crippen LogP) is 1.24. The fourth-order valence-electron chi connectivity index (χ4n) is 1.11. The molecule has 2 heteroatoms. The van der Waals surface area contributed by atoms with Gasteiger partial charge in [-0.05, 0) is 17.5 Å². The lowest BCUT2D eigenvalue weighted by Crippen LogP contribution is -1.95. The van der Waals surface area contributed by atoms with E-state index in [9.17, 15) is 0 Å². The van der Waals surface area contributed by atoms with E-state index in [0.717, 1.165) is 12.0 Å². The maximum Gasteiger partial charge on any atom is 0.0612 e. The zero-order valence-electron chi connectivity index (χ0n) is 7.61. The van der Waals surface area contributed by atoms with E-state index in [2.05, 4.69) is 12.1 Å². The zero-order chi connectivity index (χ0) is 9.52. The van der Waals surface area contributed by atoms with Crippen molar-refractivity contribution in [3.05, 3.63) is 47.5 Å². The molecule has 1 aromatic rings. The number of allylic oxidation sites excluding steroid dienone is 1. The van der Waals surface area contributed by atoms with E-state index in [1.54, 1.807) is 6.08 Å². The maximum absolute atomic E-state index is 8.52. The van der Waals surface area contributed by atoms with Crippen LogP contribution in [0.2, 0.25) is 0 Å². The average Bonchev–Trinajstić information content (AvgIpc) is 2.19. The van der Waals surface area contributed by atoms with Crippen molar-refractivity contribution < 1.29 is 5.11 Å². The van der Waals surface area contributed by atoms with Gasteiger partial charge in [-0.3, -0.25) is 0 Å². The van der Waals surface area contributed by atoms with Crippen LogP contribution in [0.4, 0.5) is 0 Å². The van der Waals surface area contributed by atoms with Gasteiger partial charge in [0.05, 0.1) is 6.61 Å². The first-order chi connectivity index (χ1) is 6.36. The molecule has 0 unspecified atom stereocenters. The Balaban J connectivity index is 2.54. The first-order valence-electron chi connectivity index (χ1n) is 4.40. The first kappa shape index (κ1) is 9.96. The molecule has 0 aromatic heterocycles. The second kappa shape index (κ2) is 5.51. The molecule has 0 fully saturated rings. The summed E-state index contributed by atoms with van der Waals surface area (Å²) in [5.41, 5.74) is 7.86. The van der Waals surface area contributed by atoms with Crippen LogP contribution in [0.5, 0.6) is 0 Å². The van der Waals surface area contributed by atoms with E-state index in [4.69, 9.17) is 10.8 Å². The van der Waals surface area contributed by atoms with E-state index in [-0.39, 0.29) is 6.61 Å². The Kier molecular flexibility index (Phi) is 4.23. The third-order valence-corrected chi connectivity index (χ3v) is 1.88. The second-order valence-electron chi connectivity index (χ2n) is 2.88. The van der Waals surface area contributed by atoms with E-state index >= 15 is 0 Å². The van der Waals surface area contributed by atoms with Gasteiger partial charge in [0.1, 0.15) is 0 Å². The Hall–Kier alpha value is -1.12. The fourth-order valence-corrected chi connectivity index (χ4v) is 1.11. The van der Waals surface area contributed by atoms with Crippen molar-refractivity contribution in [1.29, 1.82) is 0 Å². The molecule has 0 aliphatic rings. The van der Waals surface area contributed by atoms with E-state index in [1.807, 2.05) is 18.2 Å². The molecule has 0 radical (unpaired) electrons. The Morgan fingerprint density at radius 1 is 1.08 bits per heavy atom. The molecule has 0 heterocycles. The van der Waals surface area contributed by atoms with Crippen molar-refractivity contribution in [3.63, 3.8) is 0 Å². The molecule has 1 rings (SSSR count). The Labute approximate surface area is 78.7 Å². The molecule has 0 bridgehead atoms. The van der Waals surface area contributed by atoms with Gasteiger partial charge >= 0.3 is 0 Å². The number of aliphatic hydroxyl groups excluding tert-OH is 1. The topological polar surface area (TPSA) is 46.2 Å². The summed E-state index contributed by atoms with van der Waals surface area (Å²) < 4.78 is 0. The Morgan fingerprint density at radius 3 is 2.23 bits per heavy atom. The number of hydrogen-bond acceptors (Lipinski definition) is 2. The maximum atomic E-state index is 8.52. The van der Waals surface area contributed by atoms with Crippen LogP contribution in [0.25, 0.3) is 0 Å². The van der Waals surface area contributed by atoms with E-state index in [1.165, 1.54) is 5.56 Å². The highest BCUT2D eigenvalue weighted by atomic mass is 16.2. The lowest BCUT2D eigenvalue weighted by molar-refractivity contribution is 0.342. The first-order valence-corrected chi connectivity index (χ1v) is 4.40. The molecule has 3 N–H and O–H groups in total. The minimum absolute atomic E-state index is 0.112. The molecule has 2 nitrogen and oxygen atoms in total. The van der Waals surface area contributed by atoms with Crippen LogP contribution < -0.4 is 5.73 Å². The molecule has 0 aliphatic carbocycles. The van der Waals surface area contributed by atoms with E-state index in [0.29, 0.717) is 6.54 Å². The third-order valence-electron chi connectivity index (χ3n) is 1.88. The van der Waals surface area contributed by atoms with Gasteiger partial charge in [-0.15, -0.1) is 0 Å². The Bertz CT molecular complexity index is 264. The predicted molar refractivity (Wildman–Crippen MR) is 54.3 cm³/mol. The van der Waals surface area contributed by atoms with Crippen LogP contribution in [-0.2, 0) is 13.0 Å². The molecule has 70 valence electrons. The SMILES string of the molecule is NCc1ccc(C/C=C/CO)cc1. The third kappa shape index (κ3) is 3.40. The van der Waals surface area contributed by atoms with Crippen molar-refractivity contribution in [2.45, 2.75) is 13.0 Å². The van der Waals surface area contributed by atoms with Crippen LogP contribution in [0.15, 0.2) is 36.4 Å². The quantitative estimate of drug-likeness (QED) is 0.680. The van der Waals surface area contributed by atoms with Crippen molar-refractivity contribution in [3.8, 4) is 0 Å². The van der Waals surface area contributed by atoms with Gasteiger partial charge in [-0.2, -0.15) is 0 Å². The lowest BCUT2D eigenvalue weighted by Gasteiger charge is -1.98. The standard InChI is InChI=1S/C11H15NO/c12-9-11-6-4-10(5-7-11)3-1-2-8-13/h1-2,4-7,13H,3,8-9,12H2/b2-1+. The Morgan fingerprint density at radius 2 is 1.69 bits per heavy atom. The van der Waals surface area contributed by atoms with Gasteiger partial charge in [-0.1, -0.05) is 36.4 Å². The summed E-state index contributed by atoms with van der Waals surface area (Å²) in [5, 5.41) is 8.52. The smallest absolute Gasteiger partial charge is 0.0612 e. The highest BCUT2D eigenvalue weighted by Crippen LogP contribution is 2.04. The minimum Gasteiger partial charge on any atom is -0.392 e. The molecule has 0 aliphatic heterocycles. The molecule has 0 atom stereocenters. The molecule has 0 saturated carbocycles. The molecule has 1 aromatic carbocycles. The van der Waals surface area contributed by atoms with Gasteiger partial charge in [-0.25, -0.2) is 0 Å². The molecule has 0 spiro atoms. The van der Waals surface area contributed by atoms with Crippen LogP contribution in [-0.4, -0.2) is 11.7 Å². The summed E-state index contributed by atoms with van der Waals surface area (Å²) in [6.07, 6.45) is 4.57. The van der Waals surface area contributed by atoms with Gasteiger partial charge in [0.2, 0.25) is 0 Å². The van der Waals surface area contributed by atoms with Gasteiger partial charge in [0.25, 0.3) is 0 Å². The summed E-state index contributed by atoms with van der Waals surface area (Å²) in [6, 6.07) is 8.18. The molecule has 0 saturated heterocycles. The zero-order valence-corrected chi connectivity index (χ0v) is 7.61. The van der Waals surface area contributed by atoms with Crippen molar-refractivity contribution in [1.82, 2.24) is 0 Å². The van der Waals surface area contributed by atoms with Crippen LogP contribution >= 0.6 is 0 Å². The average molecular weight is 177 g/mol. The summed E-state index contributed by atoms with van der Waals surface area (Å²) >= 11 is 0. The van der Waals surface area contributed by atoms with Crippen molar-refractivity contribution in [2.75, 3.05) is 6.61 Å². The number of aliphatic hydroxyl groups is 1. The summed E-state index contributed by atoms with van der Waals surface area (Å²) in [4.78, 5) is 0. The number of hydrogen-bond donors (Lipinski definition) is 2. The van der Waals surface area contributed by atoms with Crippen LogP contribution in [0.3, 0.4) is 0 Å². The highest BCUT2D eigenvalue weighted by molar-refractivity contribution is 5.23. The monoisotopic (exact) mass is 177 g/mol. The van der Waals surface area contributed by atoms with Gasteiger partial charge in [0, 0.05) is 6.54 Å². The van der Waals surface area contributed by atoms with E-state index < -0.39 is 0 Å². The normalized spacial score (nSPS) is 10.9. The van der Waals surface area contributed by atoms with Crippen molar-refractivity contribution >= 4 is 0 Å². The number of rotatable bonds is 4. The van der Waals surface area contributed by atoms with Gasteiger partial charge < -0.3 is 10.8 Å². The molecule has 0 amide bonds. The number of benzene rings is 1. The summed E-state index contributed by atoms with van der Waals surface area (Å²) in [6.45, 7) is 0.702. The second-order valence-corrected chi connectivity index (χ2v) is 2.88. The highest BCUT2D eigenvalue weighted by Gasteiger charge is 1.90. The number of nitrogens with two attached hydrogens (primary N) is 1. The lowest BCUT2D eigenvalue weighted by atomic mass is 10.1. The molecular weight excluding hydrogens is 162 g/mol. The summed E-state index contributed by atoms with van der Waals surface area (Å²) in [5.74, 6) is 0. The molecular formula is C11H15NO. The van der Waals surface area contributed by atoms with Gasteiger partial charge in [0.15, 0.2) is 0 Å². The van der Waals surface area contributed by atoms with Crippen LogP contribution in [0, 0.1) is 0 Å².